The van der Waals surface area contributed by atoms with Crippen LogP contribution in [0, 0.1) is 69.2 Å². The van der Waals surface area contributed by atoms with Crippen molar-refractivity contribution in [3.8, 4) is 39.8 Å². The molecule has 2 atom stereocenters. The maximum absolute atomic E-state index is 13.1. The fraction of sp³-hybridized carbons (Fsp3) is 0.394. The van der Waals surface area contributed by atoms with Crippen LogP contribution in [-0.2, 0) is 29.1 Å². The van der Waals surface area contributed by atoms with Crippen LogP contribution in [0.4, 0.5) is 47.6 Å². The highest BCUT2D eigenvalue weighted by Gasteiger charge is 2.40. The summed E-state index contributed by atoms with van der Waals surface area (Å²) in [6.07, 6.45) is 13.8. The molecular formula is C104H121Br2N17O15. The number of benzene rings is 4. The van der Waals surface area contributed by atoms with Gasteiger partial charge in [0.1, 0.15) is 44.9 Å². The summed E-state index contributed by atoms with van der Waals surface area (Å²) in [5.41, 5.74) is 37.4. The van der Waals surface area contributed by atoms with E-state index in [4.69, 9.17) is 65.1 Å². The normalized spacial score (nSPS) is 16.7. The average molecular weight is 2010 g/mol. The number of fused-ring (bicyclic) bond motifs is 1. The van der Waals surface area contributed by atoms with E-state index in [2.05, 4.69) is 107 Å². The van der Waals surface area contributed by atoms with Crippen molar-refractivity contribution in [1.82, 2.24) is 50.2 Å². The number of nitrogen functional groups attached to an aromatic ring is 1. The van der Waals surface area contributed by atoms with E-state index in [9.17, 15) is 33.9 Å². The summed E-state index contributed by atoms with van der Waals surface area (Å²) in [5.74, 6) is 2.69. The maximum Gasteiger partial charge on any atom is 0.417 e. The van der Waals surface area contributed by atoms with Gasteiger partial charge in [0.25, 0.3) is 11.8 Å². The van der Waals surface area contributed by atoms with Gasteiger partial charge in [0, 0.05) is 136 Å². The number of carbonyl (C=O) groups excluding carboxylic acids is 6. The number of halogens is 2. The summed E-state index contributed by atoms with van der Waals surface area (Å²) in [4.78, 5) is 115. The second kappa shape index (κ2) is 48.1. The fourth-order valence-corrected chi connectivity index (χ4v) is 18.1. The van der Waals surface area contributed by atoms with Gasteiger partial charge in [0.05, 0.1) is 80.4 Å². The van der Waals surface area contributed by atoms with Crippen LogP contribution in [0.5, 0.6) is 17.2 Å². The third-order valence-electron chi connectivity index (χ3n) is 24.9. The van der Waals surface area contributed by atoms with Crippen molar-refractivity contribution in [2.45, 2.75) is 201 Å². The van der Waals surface area contributed by atoms with E-state index in [1.165, 1.54) is 0 Å². The topological polar surface area (TPSA) is 451 Å². The highest BCUT2D eigenvalue weighted by molar-refractivity contribution is 9.10. The number of aryl methyl sites for hydroxylation is 10. The summed E-state index contributed by atoms with van der Waals surface area (Å²) in [7, 11) is 0. The first kappa shape index (κ1) is 103. The van der Waals surface area contributed by atoms with Crippen molar-refractivity contribution in [3.05, 3.63) is 262 Å². The zero-order valence-corrected chi connectivity index (χ0v) is 83.1. The van der Waals surface area contributed by atoms with Crippen LogP contribution in [0.25, 0.3) is 22.5 Å². The molecule has 726 valence electrons. The van der Waals surface area contributed by atoms with Gasteiger partial charge in [0.2, 0.25) is 0 Å². The Morgan fingerprint density at radius 3 is 1.09 bits per heavy atom. The number of primary amides is 2. The number of pyridine rings is 5. The minimum atomic E-state index is -0.735. The molecule has 1 unspecified atom stereocenters. The Labute approximate surface area is 820 Å². The number of nitrogens with zero attached hydrogens (tertiary/aromatic N) is 9. The number of amides is 7. The molecule has 5 fully saturated rings. The lowest BCUT2D eigenvalue weighted by molar-refractivity contribution is 0.0843. The summed E-state index contributed by atoms with van der Waals surface area (Å²) in [6.45, 7) is 30.0. The Hall–Kier alpha value is -12.7. The minimum absolute atomic E-state index is 0.0434. The third-order valence-corrected chi connectivity index (χ3v) is 26.2. The van der Waals surface area contributed by atoms with E-state index in [0.29, 0.717) is 134 Å². The Bertz CT molecular complexity index is 6110. The molecule has 5 aliphatic heterocycles. The van der Waals surface area contributed by atoms with Crippen LogP contribution in [0.1, 0.15) is 237 Å². The fourth-order valence-electron chi connectivity index (χ4n) is 17.4. The molecule has 4 aromatic carbocycles. The number of carbonyl (C=O) groups is 6. The number of urea groups is 1. The molecule has 11 aromatic rings. The van der Waals surface area contributed by atoms with Crippen LogP contribution >= 0.6 is 31.9 Å². The number of aliphatic hydroxyl groups excluding tert-OH is 1. The van der Waals surface area contributed by atoms with Crippen LogP contribution in [0.3, 0.4) is 0 Å². The molecule has 5 saturated heterocycles. The van der Waals surface area contributed by atoms with Gasteiger partial charge in [-0.05, 0) is 279 Å². The molecule has 0 bridgehead atoms. The van der Waals surface area contributed by atoms with Gasteiger partial charge >= 0.3 is 24.3 Å². The van der Waals surface area contributed by atoms with Gasteiger partial charge < -0.3 is 70.8 Å². The molecule has 138 heavy (non-hydrogen) atoms. The molecule has 0 saturated carbocycles. The number of hydrogen-bond donors (Lipinski definition) is 9. The van der Waals surface area contributed by atoms with E-state index in [0.717, 1.165) is 182 Å². The van der Waals surface area contributed by atoms with Crippen molar-refractivity contribution < 1.29 is 71.8 Å². The Morgan fingerprint density at radius 2 is 0.717 bits per heavy atom. The average Bonchev–Trinajstić information content (AvgIpc) is 0.742. The Morgan fingerprint density at radius 1 is 0.399 bits per heavy atom. The molecule has 34 heteroatoms. The molecule has 0 radical (unpaired) electrons. The van der Waals surface area contributed by atoms with Gasteiger partial charge in [-0.3, -0.25) is 25.5 Å². The van der Waals surface area contributed by atoms with Crippen molar-refractivity contribution >= 4 is 96.4 Å². The summed E-state index contributed by atoms with van der Waals surface area (Å²) in [6, 6.07) is 36.2. The first-order chi connectivity index (χ1) is 66.2. The number of ether oxygens (including phenoxy) is 8. The molecule has 12 heterocycles. The zero-order chi connectivity index (χ0) is 98.4. The predicted molar refractivity (Wildman–Crippen MR) is 535 cm³/mol. The maximum atomic E-state index is 13.1. The number of aromatic nitrogens is 9. The number of rotatable bonds is 17. The summed E-state index contributed by atoms with van der Waals surface area (Å²) in [5, 5.41) is 25.3. The highest BCUT2D eigenvalue weighted by Crippen LogP contribution is 2.45. The Kier molecular flexibility index (Phi) is 35.8. The monoisotopic (exact) mass is 2010 g/mol. The largest absolute Gasteiger partial charge is 0.417 e. The van der Waals surface area contributed by atoms with Crippen LogP contribution in [-0.4, -0.2) is 158 Å². The molecule has 7 amide bonds. The SMILES string of the molecule is Cc1cc(NC(=O)NC2c3ccc(Br)cc3C(C)(C)C[C@H]2O)c(C2CCOCC2)nc1C(N)=O.Cc1ccc(OC(=O)Nc2cc(C)c(-c3cnc(C)nc3)nc2C2CCOCC2)cc1.Cc1ccc(OC(=O)Nc2cc(C)c(Br)nc2C2CCOCC2)cc1.Cc1ccc(OC(=O)Nc2cc(C)c(C(N)=O)nc2C2CCOCC2)cc1.Cc1ncc(-c2nc(C3CCOCC3)c(N)cc2C)cn1. The van der Waals surface area contributed by atoms with E-state index in [-0.39, 0.29) is 40.5 Å². The summed E-state index contributed by atoms with van der Waals surface area (Å²) >= 11 is 7.02. The molecule has 7 aromatic heterocycles. The third kappa shape index (κ3) is 27.9. The van der Waals surface area contributed by atoms with Gasteiger partial charge in [-0.1, -0.05) is 88.9 Å². The first-order valence-electron chi connectivity index (χ1n) is 46.4. The lowest BCUT2D eigenvalue weighted by Crippen LogP contribution is -2.45. The molecule has 17 rings (SSSR count). The van der Waals surface area contributed by atoms with E-state index < -0.39 is 48.3 Å². The van der Waals surface area contributed by atoms with Gasteiger partial charge in [-0.15, -0.1) is 0 Å². The number of aliphatic hydroxyl groups is 1. The molecule has 0 spiro atoms. The predicted octanol–water partition coefficient (Wildman–Crippen LogP) is 19.9. The first-order valence-corrected chi connectivity index (χ1v) is 48.0. The van der Waals surface area contributed by atoms with E-state index >= 15 is 0 Å². The number of anilines is 5. The van der Waals surface area contributed by atoms with E-state index in [1.54, 1.807) is 74.8 Å². The van der Waals surface area contributed by atoms with Crippen LogP contribution in [0.15, 0.2) is 155 Å². The van der Waals surface area contributed by atoms with Gasteiger partial charge in [-0.25, -0.2) is 64.0 Å². The van der Waals surface area contributed by atoms with Crippen LogP contribution in [0.2, 0.25) is 0 Å². The standard InChI is InChI=1S/C25H31BrN4O4.C24H26N4O3.C20H23N3O4.C19H21BrN2O3.C16H20N4O/c1-13-10-18(21(29-20(13)23(27)32)14-6-8-34-9-7-14)28-24(33)30-22-16-5-4-15(26)11-17(16)25(2,3)12-19(22)31;1-15-4-6-20(7-5-15)31-24(29)27-21-12-16(2)22(19-13-25-17(3)26-14-19)28-23(21)18-8-10-30-11-9-18;1-12-3-5-15(6-4-12)27-20(25)22-16-11-13(2)17(19(21)24)23-18(16)14-7-9-26-10-8-14;1-12-3-5-15(6-4-12)25-19(23)21-16-11-13(2)18(20)22-17(16)14-7-9-24-10-8-14;1-10-7-14(17)16(12-3-5-21-6-4-12)20-15(10)13-8-18-11(2)19-9-13/h4-5,10-11,14,19,22,31H,6-9,12H2,1-3H3,(H2,27,32)(H2,28,30,33);4-7,12-14,18H,8-11H2,1-3H3,(H,27,29);3-6,11,14H,7-10H2,1-2H3,(H2,21,24)(H,22,25);3-6,11,14H,7-10H2,1-2H3,(H,21,23);7-9,12H,3-6,17H2,1-2H3/t19-,22?;;;;/m1..../s1. The molecule has 12 N–H and O–H groups in total. The smallest absolute Gasteiger partial charge is 0.410 e. The number of nitrogens with two attached hydrogens (primary N) is 3. The van der Waals surface area contributed by atoms with E-state index in [1.807, 2.05) is 141 Å². The zero-order valence-electron chi connectivity index (χ0n) is 79.9. The van der Waals surface area contributed by atoms with Crippen molar-refractivity contribution in [3.63, 3.8) is 0 Å². The summed E-state index contributed by atoms with van der Waals surface area (Å²) < 4.78 is 45.2. The highest BCUT2D eigenvalue weighted by atomic mass is 79.9. The molecule has 1 aliphatic carbocycles. The second-order valence-electron chi connectivity index (χ2n) is 36.1. The molecule has 6 aliphatic rings. The number of nitrogens with one attached hydrogen (secondary N) is 5. The van der Waals surface area contributed by atoms with Crippen molar-refractivity contribution in [2.24, 2.45) is 11.5 Å². The number of hydrogen-bond acceptors (Lipinski definition) is 25. The lowest BCUT2D eigenvalue weighted by Gasteiger charge is -2.40. The van der Waals surface area contributed by atoms with Gasteiger partial charge in [0.15, 0.2) is 0 Å². The lowest BCUT2D eigenvalue weighted by atomic mass is 9.70. The van der Waals surface area contributed by atoms with Crippen molar-refractivity contribution in [2.75, 3.05) is 93.1 Å². The van der Waals surface area contributed by atoms with Gasteiger partial charge in [-0.2, -0.15) is 0 Å². The Balaban J connectivity index is 0.000000147. The molecule has 32 nitrogen and oxygen atoms in total. The van der Waals surface area contributed by atoms with Crippen LogP contribution < -0.4 is 58.0 Å². The molecular weight excluding hydrogens is 1890 g/mol. The quantitative estimate of drug-likeness (QED) is 0.0382. The minimum Gasteiger partial charge on any atom is -0.410 e. The second-order valence-corrected chi connectivity index (χ2v) is 37.7. The van der Waals surface area contributed by atoms with Crippen molar-refractivity contribution in [1.29, 1.82) is 0 Å².